The number of thioether (sulfide) groups is 2. The van der Waals surface area contributed by atoms with Crippen molar-refractivity contribution < 1.29 is 0 Å². The Kier molecular flexibility index (Phi) is 8.20. The lowest BCUT2D eigenvalue weighted by Gasteiger charge is -2.28. The SMILES string of the molecule is CC(S)CSC1CCC(SCC(C)S)CC1. The average Bonchev–Trinajstić information content (AvgIpc) is 2.25. The maximum atomic E-state index is 4.44. The van der Waals surface area contributed by atoms with Crippen molar-refractivity contribution in [3.05, 3.63) is 0 Å². The van der Waals surface area contributed by atoms with Crippen LogP contribution in [0.3, 0.4) is 0 Å². The molecule has 0 heterocycles. The van der Waals surface area contributed by atoms with Crippen molar-refractivity contribution in [2.24, 2.45) is 0 Å². The lowest BCUT2D eigenvalue weighted by atomic mass is 10.00. The zero-order chi connectivity index (χ0) is 12.0. The van der Waals surface area contributed by atoms with Crippen LogP contribution in [0, 0.1) is 0 Å². The van der Waals surface area contributed by atoms with Gasteiger partial charge >= 0.3 is 0 Å². The molecule has 1 fully saturated rings. The summed E-state index contributed by atoms with van der Waals surface area (Å²) in [6, 6.07) is 0. The Balaban J connectivity index is 2.09. The molecular weight excluding hydrogens is 272 g/mol. The zero-order valence-electron chi connectivity index (χ0n) is 10.3. The molecule has 0 radical (unpaired) electrons. The van der Waals surface area contributed by atoms with Crippen molar-refractivity contribution in [3.8, 4) is 0 Å². The molecule has 16 heavy (non-hydrogen) atoms. The van der Waals surface area contributed by atoms with Gasteiger partial charge in [0.25, 0.3) is 0 Å². The molecule has 4 heteroatoms. The standard InChI is InChI=1S/C12H24S4/c1-9(13)7-15-11-3-5-12(6-4-11)16-8-10(2)14/h9-14H,3-8H2,1-2H3. The summed E-state index contributed by atoms with van der Waals surface area (Å²) in [5.41, 5.74) is 0. The Hall–Kier alpha value is 1.40. The monoisotopic (exact) mass is 296 g/mol. The van der Waals surface area contributed by atoms with Gasteiger partial charge in [-0.05, 0) is 25.7 Å². The average molecular weight is 297 g/mol. The van der Waals surface area contributed by atoms with Crippen LogP contribution in [0.2, 0.25) is 0 Å². The van der Waals surface area contributed by atoms with Gasteiger partial charge in [-0.15, -0.1) is 0 Å². The van der Waals surface area contributed by atoms with E-state index in [9.17, 15) is 0 Å². The van der Waals surface area contributed by atoms with Crippen LogP contribution < -0.4 is 0 Å². The van der Waals surface area contributed by atoms with Crippen molar-refractivity contribution in [1.29, 1.82) is 0 Å². The first-order chi connectivity index (χ1) is 7.58. The minimum absolute atomic E-state index is 0.544. The van der Waals surface area contributed by atoms with Crippen LogP contribution in [0.4, 0.5) is 0 Å². The van der Waals surface area contributed by atoms with E-state index in [0.717, 1.165) is 10.5 Å². The zero-order valence-corrected chi connectivity index (χ0v) is 13.7. The van der Waals surface area contributed by atoms with Crippen molar-refractivity contribution in [2.45, 2.75) is 60.5 Å². The van der Waals surface area contributed by atoms with E-state index in [1.165, 1.54) is 37.2 Å². The lowest BCUT2D eigenvalue weighted by molar-refractivity contribution is 0.528. The largest absolute Gasteiger partial charge is 0.175 e. The van der Waals surface area contributed by atoms with Crippen LogP contribution in [0.5, 0.6) is 0 Å². The summed E-state index contributed by atoms with van der Waals surface area (Å²) >= 11 is 13.1. The van der Waals surface area contributed by atoms with Crippen LogP contribution in [0.25, 0.3) is 0 Å². The molecule has 0 nitrogen and oxygen atoms in total. The molecule has 1 aliphatic rings. The van der Waals surface area contributed by atoms with Gasteiger partial charge in [0, 0.05) is 32.5 Å². The Labute approximate surface area is 120 Å². The van der Waals surface area contributed by atoms with Crippen molar-refractivity contribution >= 4 is 48.8 Å². The normalized spacial score (nSPS) is 30.0. The van der Waals surface area contributed by atoms with E-state index in [0.29, 0.717) is 10.5 Å². The number of hydrogen-bond acceptors (Lipinski definition) is 4. The van der Waals surface area contributed by atoms with Gasteiger partial charge in [0.05, 0.1) is 0 Å². The predicted octanol–water partition coefficient (Wildman–Crippen LogP) is 4.40. The summed E-state index contributed by atoms with van der Waals surface area (Å²) in [5, 5.41) is 2.89. The fraction of sp³-hybridized carbons (Fsp3) is 1.00. The van der Waals surface area contributed by atoms with Crippen LogP contribution in [-0.4, -0.2) is 32.5 Å². The Morgan fingerprint density at radius 3 is 1.44 bits per heavy atom. The van der Waals surface area contributed by atoms with Crippen molar-refractivity contribution in [2.75, 3.05) is 11.5 Å². The highest BCUT2D eigenvalue weighted by atomic mass is 32.2. The highest BCUT2D eigenvalue weighted by molar-refractivity contribution is 8.01. The molecule has 1 aliphatic carbocycles. The summed E-state index contributed by atoms with van der Waals surface area (Å²) in [6.45, 7) is 4.37. The molecule has 1 saturated carbocycles. The molecule has 2 atom stereocenters. The molecule has 0 aliphatic heterocycles. The van der Waals surface area contributed by atoms with Crippen LogP contribution in [0.1, 0.15) is 39.5 Å². The van der Waals surface area contributed by atoms with Crippen LogP contribution in [-0.2, 0) is 0 Å². The van der Waals surface area contributed by atoms with Gasteiger partial charge in [-0.2, -0.15) is 48.8 Å². The molecule has 0 N–H and O–H groups in total. The molecule has 0 aromatic heterocycles. The first-order valence-corrected chi connectivity index (χ1v) is 9.30. The minimum Gasteiger partial charge on any atom is -0.175 e. The van der Waals surface area contributed by atoms with E-state index in [-0.39, 0.29) is 0 Å². The molecule has 0 aromatic carbocycles. The van der Waals surface area contributed by atoms with Gasteiger partial charge < -0.3 is 0 Å². The summed E-state index contributed by atoms with van der Waals surface area (Å²) in [6.07, 6.45) is 5.63. The third-order valence-corrected chi connectivity index (χ3v) is 6.90. The molecule has 96 valence electrons. The van der Waals surface area contributed by atoms with E-state index in [1.54, 1.807) is 0 Å². The second-order valence-electron chi connectivity index (χ2n) is 4.76. The van der Waals surface area contributed by atoms with E-state index >= 15 is 0 Å². The lowest BCUT2D eigenvalue weighted by Crippen LogP contribution is -2.20. The van der Waals surface area contributed by atoms with E-state index in [2.05, 4.69) is 62.6 Å². The first kappa shape index (κ1) is 15.5. The molecule has 0 saturated heterocycles. The van der Waals surface area contributed by atoms with Gasteiger partial charge in [0.15, 0.2) is 0 Å². The van der Waals surface area contributed by atoms with E-state index in [4.69, 9.17) is 0 Å². The molecular formula is C12H24S4. The van der Waals surface area contributed by atoms with Gasteiger partial charge in [-0.1, -0.05) is 13.8 Å². The molecule has 0 amide bonds. The van der Waals surface area contributed by atoms with E-state index < -0.39 is 0 Å². The first-order valence-electron chi connectivity index (χ1n) is 6.17. The van der Waals surface area contributed by atoms with Gasteiger partial charge in [-0.25, -0.2) is 0 Å². The second-order valence-corrected chi connectivity index (χ2v) is 9.19. The van der Waals surface area contributed by atoms with Gasteiger partial charge in [0.1, 0.15) is 0 Å². The van der Waals surface area contributed by atoms with Gasteiger partial charge in [0.2, 0.25) is 0 Å². The third-order valence-electron chi connectivity index (χ3n) is 2.77. The summed E-state index contributed by atoms with van der Waals surface area (Å²) in [4.78, 5) is 0. The Morgan fingerprint density at radius 2 is 1.19 bits per heavy atom. The maximum absolute atomic E-state index is 4.44. The topological polar surface area (TPSA) is 0 Å². The smallest absolute Gasteiger partial charge is 0.00792 e. The van der Waals surface area contributed by atoms with Crippen molar-refractivity contribution in [3.63, 3.8) is 0 Å². The summed E-state index contributed by atoms with van der Waals surface area (Å²) < 4.78 is 0. The van der Waals surface area contributed by atoms with Gasteiger partial charge in [-0.3, -0.25) is 0 Å². The molecule has 1 rings (SSSR count). The molecule has 0 bridgehead atoms. The van der Waals surface area contributed by atoms with Crippen molar-refractivity contribution in [1.82, 2.24) is 0 Å². The Morgan fingerprint density at radius 1 is 0.875 bits per heavy atom. The quantitative estimate of drug-likeness (QED) is 0.697. The number of rotatable bonds is 6. The Bertz CT molecular complexity index is 154. The maximum Gasteiger partial charge on any atom is 0.00792 e. The molecule has 0 spiro atoms. The second kappa shape index (κ2) is 8.49. The fourth-order valence-electron chi connectivity index (χ4n) is 1.92. The van der Waals surface area contributed by atoms with Crippen LogP contribution in [0.15, 0.2) is 0 Å². The molecule has 2 unspecified atom stereocenters. The minimum atomic E-state index is 0.544. The third kappa shape index (κ3) is 6.97. The van der Waals surface area contributed by atoms with Crippen LogP contribution >= 0.6 is 48.8 Å². The van der Waals surface area contributed by atoms with E-state index in [1.807, 2.05) is 0 Å². The molecule has 0 aromatic rings. The number of thiol groups is 2. The highest BCUT2D eigenvalue weighted by Gasteiger charge is 2.22. The summed E-state index contributed by atoms with van der Waals surface area (Å²) in [7, 11) is 0. The highest BCUT2D eigenvalue weighted by Crippen LogP contribution is 2.35. The predicted molar refractivity (Wildman–Crippen MR) is 87.9 cm³/mol. The fourth-order valence-corrected chi connectivity index (χ4v) is 4.75. The summed E-state index contributed by atoms with van der Waals surface area (Å²) in [5.74, 6) is 2.42. The number of hydrogen-bond donors (Lipinski definition) is 2.